The molecule has 1 aliphatic heterocycles. The molecule has 6 nitrogen and oxygen atoms in total. The molecule has 3 heterocycles. The molecule has 0 saturated heterocycles. The van der Waals surface area contributed by atoms with Crippen molar-refractivity contribution in [2.45, 2.75) is 19.4 Å². The van der Waals surface area contributed by atoms with Gasteiger partial charge in [-0.25, -0.2) is 4.98 Å². The lowest BCUT2D eigenvalue weighted by Crippen LogP contribution is -2.34. The molecule has 23 heavy (non-hydrogen) atoms. The van der Waals surface area contributed by atoms with E-state index in [1.807, 2.05) is 6.07 Å². The minimum Gasteiger partial charge on any atom is -0.337 e. The van der Waals surface area contributed by atoms with Crippen LogP contribution in [0.2, 0.25) is 0 Å². The summed E-state index contributed by atoms with van der Waals surface area (Å²) in [6.45, 7) is 5.36. The summed E-state index contributed by atoms with van der Waals surface area (Å²) in [5.41, 5.74) is 2.42. The zero-order valence-corrected chi connectivity index (χ0v) is 12.8. The number of allylic oxidation sites excluding steroid dienone is 1. The van der Waals surface area contributed by atoms with Gasteiger partial charge in [0.05, 0.1) is 6.20 Å². The SMILES string of the molecule is C=CCn1c2c(ccc1=O)CCN(C(=O)c1cnccn1)CC2. The summed E-state index contributed by atoms with van der Waals surface area (Å²) in [7, 11) is 0. The van der Waals surface area contributed by atoms with Gasteiger partial charge >= 0.3 is 0 Å². The Bertz CT molecular complexity index is 783. The second kappa shape index (κ2) is 6.56. The molecule has 6 heteroatoms. The zero-order chi connectivity index (χ0) is 16.2. The Labute approximate surface area is 134 Å². The molecule has 0 bridgehead atoms. The van der Waals surface area contributed by atoms with Crippen LogP contribution >= 0.6 is 0 Å². The van der Waals surface area contributed by atoms with Crippen LogP contribution in [0.1, 0.15) is 21.7 Å². The van der Waals surface area contributed by atoms with Crippen LogP contribution in [0.25, 0.3) is 0 Å². The molecule has 2 aromatic rings. The molecular weight excluding hydrogens is 292 g/mol. The molecule has 2 aromatic heterocycles. The van der Waals surface area contributed by atoms with Crippen LogP contribution in [0, 0.1) is 0 Å². The molecule has 0 aromatic carbocycles. The number of aromatic nitrogens is 3. The number of rotatable bonds is 3. The Morgan fingerprint density at radius 2 is 2.09 bits per heavy atom. The van der Waals surface area contributed by atoms with Crippen LogP contribution in [0.4, 0.5) is 0 Å². The number of hydrogen-bond acceptors (Lipinski definition) is 4. The molecule has 0 unspecified atom stereocenters. The first kappa shape index (κ1) is 15.1. The van der Waals surface area contributed by atoms with Crippen LogP contribution in [-0.4, -0.2) is 38.4 Å². The minimum atomic E-state index is -0.122. The Kier molecular flexibility index (Phi) is 4.32. The predicted octanol–water partition coefficient (Wildman–Crippen LogP) is 1.07. The molecule has 1 aliphatic rings. The molecule has 0 spiro atoms. The normalized spacial score (nSPS) is 14.0. The Hall–Kier alpha value is -2.76. The molecule has 3 rings (SSSR count). The maximum Gasteiger partial charge on any atom is 0.274 e. The third-order valence-electron chi connectivity index (χ3n) is 4.04. The first-order valence-corrected chi connectivity index (χ1v) is 7.58. The summed E-state index contributed by atoms with van der Waals surface area (Å²) in [6.07, 6.45) is 7.62. The number of fused-ring (bicyclic) bond motifs is 1. The largest absolute Gasteiger partial charge is 0.337 e. The van der Waals surface area contributed by atoms with Crippen LogP contribution in [0.5, 0.6) is 0 Å². The highest BCUT2D eigenvalue weighted by molar-refractivity contribution is 5.92. The van der Waals surface area contributed by atoms with Crippen molar-refractivity contribution < 1.29 is 4.79 Å². The molecule has 0 N–H and O–H groups in total. The summed E-state index contributed by atoms with van der Waals surface area (Å²) in [5.74, 6) is -0.122. The van der Waals surface area contributed by atoms with Crippen molar-refractivity contribution in [3.8, 4) is 0 Å². The highest BCUT2D eigenvalue weighted by Gasteiger charge is 2.22. The van der Waals surface area contributed by atoms with Crippen LogP contribution in [-0.2, 0) is 19.4 Å². The second-order valence-electron chi connectivity index (χ2n) is 5.43. The van der Waals surface area contributed by atoms with Gasteiger partial charge in [0.15, 0.2) is 0 Å². The van der Waals surface area contributed by atoms with Gasteiger partial charge in [0.1, 0.15) is 5.69 Å². The number of hydrogen-bond donors (Lipinski definition) is 0. The monoisotopic (exact) mass is 310 g/mol. The van der Waals surface area contributed by atoms with E-state index in [1.54, 1.807) is 27.8 Å². The van der Waals surface area contributed by atoms with E-state index < -0.39 is 0 Å². The van der Waals surface area contributed by atoms with E-state index in [0.717, 1.165) is 17.7 Å². The fraction of sp³-hybridized carbons (Fsp3) is 0.294. The lowest BCUT2D eigenvalue weighted by Gasteiger charge is -2.19. The molecule has 0 aliphatic carbocycles. The van der Waals surface area contributed by atoms with Crippen LogP contribution < -0.4 is 5.56 Å². The predicted molar refractivity (Wildman–Crippen MR) is 86.2 cm³/mol. The van der Waals surface area contributed by atoms with Gasteiger partial charge < -0.3 is 9.47 Å². The van der Waals surface area contributed by atoms with Crippen molar-refractivity contribution in [1.29, 1.82) is 0 Å². The molecule has 1 amide bonds. The number of pyridine rings is 1. The van der Waals surface area contributed by atoms with Gasteiger partial charge in [-0.15, -0.1) is 6.58 Å². The van der Waals surface area contributed by atoms with E-state index in [0.29, 0.717) is 31.7 Å². The van der Waals surface area contributed by atoms with Crippen molar-refractivity contribution in [2.75, 3.05) is 13.1 Å². The Morgan fingerprint density at radius 3 is 2.83 bits per heavy atom. The van der Waals surface area contributed by atoms with E-state index in [4.69, 9.17) is 0 Å². The standard InChI is InChI=1S/C17H18N4O2/c1-2-9-21-15-6-11-20(10-5-13(15)3-4-16(21)22)17(23)14-12-18-7-8-19-14/h2-4,7-8,12H,1,5-6,9-11H2. The smallest absolute Gasteiger partial charge is 0.274 e. The second-order valence-corrected chi connectivity index (χ2v) is 5.43. The maximum atomic E-state index is 12.5. The third kappa shape index (κ3) is 3.06. The lowest BCUT2D eigenvalue weighted by molar-refractivity contribution is 0.0756. The van der Waals surface area contributed by atoms with Crippen molar-refractivity contribution in [3.63, 3.8) is 0 Å². The van der Waals surface area contributed by atoms with Crippen LogP contribution in [0.15, 0.2) is 48.2 Å². The summed E-state index contributed by atoms with van der Waals surface area (Å²) in [4.78, 5) is 34.4. The molecule has 0 radical (unpaired) electrons. The number of amides is 1. The fourth-order valence-electron chi connectivity index (χ4n) is 2.90. The minimum absolute atomic E-state index is 0.0302. The van der Waals surface area contributed by atoms with Crippen molar-refractivity contribution >= 4 is 5.91 Å². The fourth-order valence-corrected chi connectivity index (χ4v) is 2.90. The van der Waals surface area contributed by atoms with E-state index in [2.05, 4.69) is 16.5 Å². The Morgan fingerprint density at radius 1 is 1.26 bits per heavy atom. The maximum absolute atomic E-state index is 12.5. The highest BCUT2D eigenvalue weighted by atomic mass is 16.2. The average molecular weight is 310 g/mol. The molecule has 0 atom stereocenters. The molecule has 0 fully saturated rings. The topological polar surface area (TPSA) is 68.1 Å². The van der Waals surface area contributed by atoms with Gasteiger partial charge in [-0.2, -0.15) is 0 Å². The molecule has 0 saturated carbocycles. The average Bonchev–Trinajstić information content (AvgIpc) is 2.80. The van der Waals surface area contributed by atoms with Gasteiger partial charge in [0.25, 0.3) is 11.5 Å². The summed E-state index contributed by atoms with van der Waals surface area (Å²) in [5, 5.41) is 0. The third-order valence-corrected chi connectivity index (χ3v) is 4.04. The van der Waals surface area contributed by atoms with Gasteiger partial charge in [-0.3, -0.25) is 14.6 Å². The molecular formula is C17H18N4O2. The van der Waals surface area contributed by atoms with E-state index in [1.165, 1.54) is 12.4 Å². The molecule has 118 valence electrons. The van der Waals surface area contributed by atoms with E-state index >= 15 is 0 Å². The number of carbonyl (C=O) groups is 1. The Balaban J connectivity index is 1.85. The number of nitrogens with zero attached hydrogens (tertiary/aromatic N) is 4. The summed E-state index contributed by atoms with van der Waals surface area (Å²) in [6, 6.07) is 3.45. The van der Waals surface area contributed by atoms with E-state index in [9.17, 15) is 9.59 Å². The first-order valence-electron chi connectivity index (χ1n) is 7.58. The summed E-state index contributed by atoms with van der Waals surface area (Å²) >= 11 is 0. The van der Waals surface area contributed by atoms with Gasteiger partial charge in [0, 0.05) is 50.2 Å². The summed E-state index contributed by atoms with van der Waals surface area (Å²) < 4.78 is 1.73. The van der Waals surface area contributed by atoms with Crippen molar-refractivity contribution in [3.05, 3.63) is 70.7 Å². The van der Waals surface area contributed by atoms with Crippen LogP contribution in [0.3, 0.4) is 0 Å². The van der Waals surface area contributed by atoms with E-state index in [-0.39, 0.29) is 11.5 Å². The quantitative estimate of drug-likeness (QED) is 0.795. The highest BCUT2D eigenvalue weighted by Crippen LogP contribution is 2.16. The van der Waals surface area contributed by atoms with Crippen molar-refractivity contribution in [2.24, 2.45) is 0 Å². The van der Waals surface area contributed by atoms with Gasteiger partial charge in [0.2, 0.25) is 0 Å². The van der Waals surface area contributed by atoms with Crippen molar-refractivity contribution in [1.82, 2.24) is 19.4 Å². The number of carbonyl (C=O) groups excluding carboxylic acids is 1. The van der Waals surface area contributed by atoms with Gasteiger partial charge in [-0.1, -0.05) is 12.1 Å². The zero-order valence-electron chi connectivity index (χ0n) is 12.8. The lowest BCUT2D eigenvalue weighted by atomic mass is 10.1. The van der Waals surface area contributed by atoms with Gasteiger partial charge in [-0.05, 0) is 12.0 Å². The first-order chi connectivity index (χ1) is 11.2.